The summed E-state index contributed by atoms with van der Waals surface area (Å²) < 4.78 is 25.9. The van der Waals surface area contributed by atoms with Crippen LogP contribution in [0, 0.1) is 5.92 Å². The van der Waals surface area contributed by atoms with Gasteiger partial charge in [-0.2, -0.15) is 0 Å². The molecule has 84 valence electrons. The Morgan fingerprint density at radius 2 is 2.00 bits per heavy atom. The van der Waals surface area contributed by atoms with Gasteiger partial charge in [-0.05, 0) is 18.8 Å². The zero-order chi connectivity index (χ0) is 10.6. The van der Waals surface area contributed by atoms with Crippen molar-refractivity contribution < 1.29 is 13.5 Å². The lowest BCUT2D eigenvalue weighted by Crippen LogP contribution is -2.40. The first-order chi connectivity index (χ1) is 6.58. The van der Waals surface area contributed by atoms with Gasteiger partial charge in [0.25, 0.3) is 0 Å². The predicted molar refractivity (Wildman–Crippen MR) is 55.4 cm³/mol. The average Bonchev–Trinajstić information content (AvgIpc) is 2.15. The van der Waals surface area contributed by atoms with Crippen molar-refractivity contribution >= 4 is 10.0 Å². The molecule has 4 nitrogen and oxygen atoms in total. The molecule has 1 saturated carbocycles. The van der Waals surface area contributed by atoms with Crippen molar-refractivity contribution in [3.05, 3.63) is 0 Å². The van der Waals surface area contributed by atoms with Crippen LogP contribution in [0.3, 0.4) is 0 Å². The van der Waals surface area contributed by atoms with E-state index < -0.39 is 10.0 Å². The Labute approximate surface area is 85.8 Å². The molecular formula is C9H19NO3S. The fourth-order valence-electron chi connectivity index (χ4n) is 2.04. The number of rotatable bonds is 4. The largest absolute Gasteiger partial charge is 0.395 e. The zero-order valence-corrected chi connectivity index (χ0v) is 9.39. The molecule has 2 atom stereocenters. The van der Waals surface area contributed by atoms with Crippen molar-refractivity contribution in [3.63, 3.8) is 0 Å². The number of hydrogen-bond donors (Lipinski definition) is 2. The van der Waals surface area contributed by atoms with Gasteiger partial charge >= 0.3 is 0 Å². The number of nitrogens with one attached hydrogen (secondary N) is 1. The maximum Gasteiger partial charge on any atom is 0.214 e. The van der Waals surface area contributed by atoms with Crippen molar-refractivity contribution in [1.82, 2.24) is 4.72 Å². The van der Waals surface area contributed by atoms with Crippen LogP contribution in [0.2, 0.25) is 0 Å². The molecule has 0 aliphatic heterocycles. The summed E-state index contributed by atoms with van der Waals surface area (Å²) in [6.07, 6.45) is 3.87. The summed E-state index contributed by atoms with van der Waals surface area (Å²) in [5.74, 6) is 0.236. The molecule has 1 rings (SSSR count). The molecule has 1 aliphatic rings. The highest BCUT2D eigenvalue weighted by Gasteiger charge is 2.32. The van der Waals surface area contributed by atoms with Crippen molar-refractivity contribution in [2.24, 2.45) is 5.92 Å². The summed E-state index contributed by atoms with van der Waals surface area (Å²) in [5.41, 5.74) is 0. The second kappa shape index (κ2) is 5.09. The molecule has 14 heavy (non-hydrogen) atoms. The Morgan fingerprint density at radius 1 is 1.36 bits per heavy atom. The molecule has 0 amide bonds. The maximum absolute atomic E-state index is 11.7. The second-order valence-electron chi connectivity index (χ2n) is 3.96. The highest BCUT2D eigenvalue weighted by molar-refractivity contribution is 7.90. The molecule has 0 aromatic carbocycles. The van der Waals surface area contributed by atoms with E-state index in [0.717, 1.165) is 25.7 Å². The smallest absolute Gasteiger partial charge is 0.214 e. The van der Waals surface area contributed by atoms with Gasteiger partial charge in [0.2, 0.25) is 10.0 Å². The van der Waals surface area contributed by atoms with Crippen LogP contribution < -0.4 is 4.72 Å². The topological polar surface area (TPSA) is 66.4 Å². The van der Waals surface area contributed by atoms with Crippen LogP contribution in [0.4, 0.5) is 0 Å². The number of aliphatic hydroxyl groups is 1. The van der Waals surface area contributed by atoms with Crippen molar-refractivity contribution in [1.29, 1.82) is 0 Å². The first-order valence-electron chi connectivity index (χ1n) is 5.17. The quantitative estimate of drug-likeness (QED) is 0.725. The molecule has 1 aliphatic carbocycles. The Bertz CT molecular complexity index is 263. The minimum atomic E-state index is -3.20. The Hall–Kier alpha value is -0.130. The van der Waals surface area contributed by atoms with Crippen molar-refractivity contribution in [2.75, 3.05) is 13.2 Å². The average molecular weight is 221 g/mol. The predicted octanol–water partition coefficient (Wildman–Crippen LogP) is 0.477. The van der Waals surface area contributed by atoms with Gasteiger partial charge in [0, 0.05) is 6.54 Å². The Balaban J connectivity index is 2.60. The third-order valence-corrected chi connectivity index (χ3v) is 4.95. The van der Waals surface area contributed by atoms with Gasteiger partial charge in [-0.3, -0.25) is 0 Å². The number of sulfonamides is 1. The normalized spacial score (nSPS) is 29.0. The third-order valence-electron chi connectivity index (χ3n) is 2.85. The molecule has 0 aromatic heterocycles. The molecule has 0 aromatic rings. The summed E-state index contributed by atoms with van der Waals surface area (Å²) in [6, 6.07) is 0. The third kappa shape index (κ3) is 2.93. The van der Waals surface area contributed by atoms with E-state index in [1.54, 1.807) is 0 Å². The summed E-state index contributed by atoms with van der Waals surface area (Å²) in [4.78, 5) is 0. The maximum atomic E-state index is 11.7. The van der Waals surface area contributed by atoms with E-state index >= 15 is 0 Å². The van der Waals surface area contributed by atoms with E-state index in [0.29, 0.717) is 0 Å². The molecule has 0 heterocycles. The van der Waals surface area contributed by atoms with E-state index in [2.05, 4.69) is 4.72 Å². The SMILES string of the molecule is CC1CCCCC1S(=O)(=O)NCCO. The van der Waals surface area contributed by atoms with E-state index in [-0.39, 0.29) is 24.3 Å². The molecule has 1 fully saturated rings. The van der Waals surface area contributed by atoms with E-state index in [1.807, 2.05) is 6.92 Å². The molecule has 0 spiro atoms. The first-order valence-corrected chi connectivity index (χ1v) is 6.72. The van der Waals surface area contributed by atoms with E-state index in [9.17, 15) is 8.42 Å². The van der Waals surface area contributed by atoms with Crippen molar-refractivity contribution in [2.45, 2.75) is 37.9 Å². The van der Waals surface area contributed by atoms with Gasteiger partial charge in [0.1, 0.15) is 0 Å². The van der Waals surface area contributed by atoms with Gasteiger partial charge in [-0.1, -0.05) is 19.8 Å². The van der Waals surface area contributed by atoms with Gasteiger partial charge in [0.15, 0.2) is 0 Å². The van der Waals surface area contributed by atoms with Crippen LogP contribution in [0.15, 0.2) is 0 Å². The standard InChI is InChI=1S/C9H19NO3S/c1-8-4-2-3-5-9(8)14(12,13)10-6-7-11/h8-11H,2-7H2,1H3. The van der Waals surface area contributed by atoms with Crippen LogP contribution >= 0.6 is 0 Å². The molecule has 2 N–H and O–H groups in total. The van der Waals surface area contributed by atoms with Crippen LogP contribution in [-0.4, -0.2) is 31.9 Å². The Morgan fingerprint density at radius 3 is 2.57 bits per heavy atom. The number of aliphatic hydroxyl groups excluding tert-OH is 1. The second-order valence-corrected chi connectivity index (χ2v) is 5.95. The van der Waals surface area contributed by atoms with Gasteiger partial charge < -0.3 is 5.11 Å². The van der Waals surface area contributed by atoms with Crippen LogP contribution in [0.25, 0.3) is 0 Å². The fraction of sp³-hybridized carbons (Fsp3) is 1.00. The van der Waals surface area contributed by atoms with Gasteiger partial charge in [0.05, 0.1) is 11.9 Å². The first kappa shape index (κ1) is 11.9. The zero-order valence-electron chi connectivity index (χ0n) is 8.57. The molecule has 5 heteroatoms. The van der Waals surface area contributed by atoms with Crippen LogP contribution in [-0.2, 0) is 10.0 Å². The minimum Gasteiger partial charge on any atom is -0.395 e. The molecule has 0 radical (unpaired) electrons. The highest BCUT2D eigenvalue weighted by Crippen LogP contribution is 2.28. The summed E-state index contributed by atoms with van der Waals surface area (Å²) >= 11 is 0. The van der Waals surface area contributed by atoms with Crippen LogP contribution in [0.1, 0.15) is 32.6 Å². The van der Waals surface area contributed by atoms with Crippen molar-refractivity contribution in [3.8, 4) is 0 Å². The van der Waals surface area contributed by atoms with Crippen LogP contribution in [0.5, 0.6) is 0 Å². The lowest BCUT2D eigenvalue weighted by Gasteiger charge is -2.28. The summed E-state index contributed by atoms with van der Waals surface area (Å²) in [6.45, 7) is 1.98. The Kier molecular flexibility index (Phi) is 4.34. The molecule has 2 unspecified atom stereocenters. The minimum absolute atomic E-state index is 0.131. The molecule has 0 bridgehead atoms. The summed E-state index contributed by atoms with van der Waals surface area (Å²) in [7, 11) is -3.20. The monoisotopic (exact) mass is 221 g/mol. The fourth-order valence-corrected chi connectivity index (χ4v) is 3.85. The number of hydrogen-bond acceptors (Lipinski definition) is 3. The lowest BCUT2D eigenvalue weighted by atomic mass is 9.90. The van der Waals surface area contributed by atoms with Gasteiger partial charge in [-0.25, -0.2) is 13.1 Å². The molecule has 0 saturated heterocycles. The summed E-state index contributed by atoms with van der Waals surface area (Å²) in [5, 5.41) is 8.31. The lowest BCUT2D eigenvalue weighted by molar-refractivity contribution is 0.299. The molecular weight excluding hydrogens is 202 g/mol. The highest BCUT2D eigenvalue weighted by atomic mass is 32.2. The van der Waals surface area contributed by atoms with E-state index in [4.69, 9.17) is 5.11 Å². The van der Waals surface area contributed by atoms with E-state index in [1.165, 1.54) is 0 Å². The van der Waals surface area contributed by atoms with Gasteiger partial charge in [-0.15, -0.1) is 0 Å².